The molecule has 0 bridgehead atoms. The Hall–Kier alpha value is -1.05. The van der Waals surface area contributed by atoms with E-state index in [2.05, 4.69) is 11.3 Å². The smallest absolute Gasteiger partial charge is 0.303 e. The highest BCUT2D eigenvalue weighted by Gasteiger charge is 2.52. The van der Waals surface area contributed by atoms with Gasteiger partial charge in [-0.15, -0.1) is 6.58 Å². The molecule has 6 heteroatoms. The van der Waals surface area contributed by atoms with E-state index in [0.29, 0.717) is 31.1 Å². The molecule has 0 aromatic heterocycles. The van der Waals surface area contributed by atoms with E-state index in [4.69, 9.17) is 14.2 Å². The van der Waals surface area contributed by atoms with Crippen molar-refractivity contribution >= 4 is 11.0 Å². The van der Waals surface area contributed by atoms with Crippen molar-refractivity contribution in [3.63, 3.8) is 0 Å². The van der Waals surface area contributed by atoms with Gasteiger partial charge in [-0.05, 0) is 53.2 Å². The summed E-state index contributed by atoms with van der Waals surface area (Å²) in [6.45, 7) is 14.5. The molecule has 0 heterocycles. The van der Waals surface area contributed by atoms with Crippen molar-refractivity contribution < 1.29 is 18.4 Å². The Morgan fingerprint density at radius 1 is 1.08 bits per heavy atom. The van der Waals surface area contributed by atoms with Crippen LogP contribution in [0.15, 0.2) is 41.8 Å². The van der Waals surface area contributed by atoms with Crippen molar-refractivity contribution in [1.82, 2.24) is 4.72 Å². The number of nitrogens with one attached hydrogen (secondary N) is 1. The summed E-state index contributed by atoms with van der Waals surface area (Å²) >= 11 is 0. The average molecular weight is 370 g/mol. The van der Waals surface area contributed by atoms with Gasteiger partial charge in [-0.2, -0.15) is 0 Å². The lowest BCUT2D eigenvalue weighted by molar-refractivity contribution is -0.405. The highest BCUT2D eigenvalue weighted by atomic mass is 32.2. The maximum absolute atomic E-state index is 12.9. The van der Waals surface area contributed by atoms with Crippen LogP contribution in [0.3, 0.4) is 0 Å². The van der Waals surface area contributed by atoms with Gasteiger partial charge in [-0.25, -0.2) is 8.93 Å². The molecule has 25 heavy (non-hydrogen) atoms. The Morgan fingerprint density at radius 2 is 1.56 bits per heavy atom. The summed E-state index contributed by atoms with van der Waals surface area (Å²) in [6.07, 6.45) is 2.19. The van der Waals surface area contributed by atoms with Crippen LogP contribution >= 0.6 is 0 Å². The minimum atomic E-state index is -1.46. The van der Waals surface area contributed by atoms with Gasteiger partial charge in [0.25, 0.3) is 0 Å². The molecule has 0 radical (unpaired) electrons. The third kappa shape index (κ3) is 5.46. The van der Waals surface area contributed by atoms with E-state index >= 15 is 0 Å². The fourth-order valence-corrected chi connectivity index (χ4v) is 3.73. The first-order chi connectivity index (χ1) is 11.9. The number of benzene rings is 1. The lowest BCUT2D eigenvalue weighted by Gasteiger charge is -2.46. The molecule has 1 aromatic carbocycles. The van der Waals surface area contributed by atoms with Crippen LogP contribution in [-0.2, 0) is 25.2 Å². The molecule has 0 amide bonds. The fourth-order valence-electron chi connectivity index (χ4n) is 2.62. The average Bonchev–Trinajstić information content (AvgIpc) is 2.56. The SMILES string of the molecule is C=CC[C@](C)(N[S@](=O)c1ccc(C)cc1)C(OCC)(OCC)OCC. The molecular formula is C19H31NO4S. The molecule has 1 aromatic rings. The third-order valence-electron chi connectivity index (χ3n) is 3.78. The van der Waals surface area contributed by atoms with Crippen molar-refractivity contribution in [1.29, 1.82) is 0 Å². The second-order valence-electron chi connectivity index (χ2n) is 5.86. The van der Waals surface area contributed by atoms with Crippen molar-refractivity contribution in [3.05, 3.63) is 42.5 Å². The molecule has 0 aliphatic carbocycles. The molecule has 0 aliphatic rings. The lowest BCUT2D eigenvalue weighted by Crippen LogP contribution is -2.65. The Bertz CT molecular complexity index is 544. The second kappa shape index (κ2) is 10.2. The fraction of sp³-hybridized carbons (Fsp3) is 0.579. The molecule has 142 valence electrons. The van der Waals surface area contributed by atoms with E-state index in [1.807, 2.05) is 58.9 Å². The monoisotopic (exact) mass is 369 g/mol. The summed E-state index contributed by atoms with van der Waals surface area (Å²) in [5.74, 6) is -1.36. The van der Waals surface area contributed by atoms with Crippen LogP contribution in [0.25, 0.3) is 0 Å². The minimum Gasteiger partial charge on any atom is -0.326 e. The van der Waals surface area contributed by atoms with Gasteiger partial charge in [0.05, 0.1) is 4.90 Å². The Balaban J connectivity index is 3.22. The second-order valence-corrected chi connectivity index (χ2v) is 7.08. The molecule has 0 saturated carbocycles. The van der Waals surface area contributed by atoms with Gasteiger partial charge < -0.3 is 14.2 Å². The lowest BCUT2D eigenvalue weighted by atomic mass is 9.95. The first-order valence-corrected chi connectivity index (χ1v) is 9.82. The first kappa shape index (κ1) is 22.0. The highest BCUT2D eigenvalue weighted by molar-refractivity contribution is 7.83. The van der Waals surface area contributed by atoms with Gasteiger partial charge in [0.1, 0.15) is 16.5 Å². The molecule has 0 spiro atoms. The van der Waals surface area contributed by atoms with Crippen molar-refractivity contribution in [2.24, 2.45) is 0 Å². The molecule has 0 unspecified atom stereocenters. The maximum atomic E-state index is 12.9. The molecule has 0 saturated heterocycles. The third-order valence-corrected chi connectivity index (χ3v) is 5.12. The van der Waals surface area contributed by atoms with Crippen LogP contribution in [0.1, 0.15) is 39.7 Å². The van der Waals surface area contributed by atoms with E-state index in [1.54, 1.807) is 6.08 Å². The van der Waals surface area contributed by atoms with Crippen LogP contribution in [-0.4, -0.2) is 35.5 Å². The Kier molecular flexibility index (Phi) is 8.96. The number of ether oxygens (including phenoxy) is 3. The van der Waals surface area contributed by atoms with Gasteiger partial charge in [-0.1, -0.05) is 23.8 Å². The molecule has 1 rings (SSSR count). The van der Waals surface area contributed by atoms with Gasteiger partial charge in [0.2, 0.25) is 0 Å². The predicted octanol–water partition coefficient (Wildman–Crippen LogP) is 3.71. The van der Waals surface area contributed by atoms with E-state index in [9.17, 15) is 4.21 Å². The van der Waals surface area contributed by atoms with Crippen molar-refractivity contribution in [2.45, 2.75) is 57.4 Å². The van der Waals surface area contributed by atoms with Crippen LogP contribution in [0.5, 0.6) is 0 Å². The zero-order valence-corrected chi connectivity index (χ0v) is 16.8. The van der Waals surface area contributed by atoms with Crippen LogP contribution < -0.4 is 4.72 Å². The summed E-state index contributed by atoms with van der Waals surface area (Å²) in [6, 6.07) is 7.55. The highest BCUT2D eigenvalue weighted by Crippen LogP contribution is 2.34. The van der Waals surface area contributed by atoms with E-state index in [0.717, 1.165) is 5.56 Å². The topological polar surface area (TPSA) is 56.8 Å². The number of aryl methyl sites for hydroxylation is 1. The van der Waals surface area contributed by atoms with Crippen molar-refractivity contribution in [3.8, 4) is 0 Å². The zero-order chi connectivity index (χ0) is 18.9. The zero-order valence-electron chi connectivity index (χ0n) is 16.0. The largest absolute Gasteiger partial charge is 0.326 e. The van der Waals surface area contributed by atoms with E-state index in [1.165, 1.54) is 0 Å². The first-order valence-electron chi connectivity index (χ1n) is 8.67. The molecule has 0 aliphatic heterocycles. The van der Waals surface area contributed by atoms with Gasteiger partial charge in [0.15, 0.2) is 0 Å². The number of rotatable bonds is 12. The predicted molar refractivity (Wildman–Crippen MR) is 102 cm³/mol. The minimum absolute atomic E-state index is 0.394. The number of hydrogen-bond donors (Lipinski definition) is 1. The standard InChI is InChI=1S/C19H31NO4S/c1-7-15-18(6,19(22-8-2,23-9-3)24-10-4)20-25(21)17-13-11-16(5)12-14-17/h7,11-14,20H,1,8-10,15H2,2-6H3/t18-,25+/m0/s1. The molecular weight excluding hydrogens is 338 g/mol. The molecule has 0 fully saturated rings. The molecule has 2 atom stereocenters. The summed E-state index contributed by atoms with van der Waals surface area (Å²) < 4.78 is 33.7. The number of hydrogen-bond acceptors (Lipinski definition) is 4. The molecule has 5 nitrogen and oxygen atoms in total. The van der Waals surface area contributed by atoms with Crippen molar-refractivity contribution in [2.75, 3.05) is 19.8 Å². The van der Waals surface area contributed by atoms with Crippen LogP contribution in [0.2, 0.25) is 0 Å². The van der Waals surface area contributed by atoms with Crippen LogP contribution in [0.4, 0.5) is 0 Å². The summed E-state index contributed by atoms with van der Waals surface area (Å²) in [5, 5.41) is 0. The van der Waals surface area contributed by atoms with E-state index < -0.39 is 22.5 Å². The quantitative estimate of drug-likeness (QED) is 0.451. The summed E-state index contributed by atoms with van der Waals surface area (Å²) in [5.41, 5.74) is 0.217. The maximum Gasteiger partial charge on any atom is 0.303 e. The van der Waals surface area contributed by atoms with Gasteiger partial charge in [0, 0.05) is 19.8 Å². The van der Waals surface area contributed by atoms with Gasteiger partial charge in [-0.3, -0.25) is 0 Å². The van der Waals surface area contributed by atoms with E-state index in [-0.39, 0.29) is 0 Å². The molecule has 1 N–H and O–H groups in total. The normalized spacial score (nSPS) is 15.6. The summed E-state index contributed by atoms with van der Waals surface area (Å²) in [4.78, 5) is 0.680. The van der Waals surface area contributed by atoms with Crippen LogP contribution in [0, 0.1) is 6.92 Å². The Morgan fingerprint density at radius 3 is 1.96 bits per heavy atom. The van der Waals surface area contributed by atoms with Gasteiger partial charge >= 0.3 is 5.97 Å². The Labute approximate surface area is 154 Å². The summed E-state index contributed by atoms with van der Waals surface area (Å²) in [7, 11) is -1.46.